The van der Waals surface area contributed by atoms with E-state index >= 15 is 0 Å². The van der Waals surface area contributed by atoms with Gasteiger partial charge in [-0.05, 0) is 0 Å². The van der Waals surface area contributed by atoms with Gasteiger partial charge in [-0.3, -0.25) is 0 Å². The summed E-state index contributed by atoms with van der Waals surface area (Å²) in [5.74, 6) is 2.18. The van der Waals surface area contributed by atoms with E-state index in [0.29, 0.717) is 10.9 Å². The van der Waals surface area contributed by atoms with Crippen LogP contribution in [-0.4, -0.2) is 23.4 Å². The van der Waals surface area contributed by atoms with Gasteiger partial charge in [-0.1, -0.05) is 0 Å². The van der Waals surface area contributed by atoms with Gasteiger partial charge < -0.3 is 0 Å². The molecule has 158 valence electrons. The number of rotatable bonds is 3. The van der Waals surface area contributed by atoms with Gasteiger partial charge >= 0.3 is 189 Å². The number of hydrogen-bond acceptors (Lipinski definition) is 3. The van der Waals surface area contributed by atoms with Gasteiger partial charge in [-0.25, -0.2) is 0 Å². The molecule has 5 rings (SSSR count). The van der Waals surface area contributed by atoms with Crippen molar-refractivity contribution in [3.8, 4) is 5.82 Å². The fourth-order valence-electron chi connectivity index (χ4n) is 4.49. The second-order valence-corrected chi connectivity index (χ2v) is 15.0. The predicted molar refractivity (Wildman–Crippen MR) is 129 cm³/mol. The Morgan fingerprint density at radius 1 is 1.23 bits per heavy atom. The first-order valence-corrected chi connectivity index (χ1v) is 15.3. The third-order valence-electron chi connectivity index (χ3n) is 6.09. The molecule has 7 heteroatoms. The van der Waals surface area contributed by atoms with Crippen LogP contribution in [0.4, 0.5) is 10.1 Å². The van der Waals surface area contributed by atoms with Gasteiger partial charge in [0.15, 0.2) is 0 Å². The summed E-state index contributed by atoms with van der Waals surface area (Å²) in [6, 6.07) is 9.22. The first-order chi connectivity index (χ1) is 14.5. The number of benzene rings is 1. The molecule has 0 radical (unpaired) electrons. The zero-order valence-electron chi connectivity index (χ0n) is 17.1. The third kappa shape index (κ3) is 3.42. The van der Waals surface area contributed by atoms with Crippen molar-refractivity contribution in [2.75, 3.05) is 14.2 Å². The molecule has 1 N–H and O–H groups in total. The normalized spacial score (nSPS) is 18.2. The molecule has 0 saturated carbocycles. The first kappa shape index (κ1) is 20.2. The molecule has 0 atom stereocenters. The molecule has 0 unspecified atom stereocenters. The second kappa shape index (κ2) is 7.79. The average molecular weight is 539 g/mol. The molecule has 4 heterocycles. The molecule has 0 aliphatic carbocycles. The van der Waals surface area contributed by atoms with Crippen LogP contribution in [0, 0.1) is 5.82 Å². The molecule has 1 aromatic carbocycles. The summed E-state index contributed by atoms with van der Waals surface area (Å²) in [6.45, 7) is 4.36. The Morgan fingerprint density at radius 2 is 2.03 bits per heavy atom. The summed E-state index contributed by atoms with van der Waals surface area (Å²) >= 11 is 4.65. The zero-order valence-corrected chi connectivity index (χ0v) is 20.0. The van der Waals surface area contributed by atoms with Crippen molar-refractivity contribution in [2.24, 2.45) is 0 Å². The number of halogens is 3. The summed E-state index contributed by atoms with van der Waals surface area (Å²) in [7, 11) is 0. The van der Waals surface area contributed by atoms with Crippen LogP contribution in [0.3, 0.4) is 0 Å². The molecule has 2 aromatic heterocycles. The summed E-state index contributed by atoms with van der Waals surface area (Å²) < 4.78 is 19.9. The maximum atomic E-state index is 14.3. The van der Waals surface area contributed by atoms with E-state index in [1.807, 2.05) is 24.5 Å². The Balaban J connectivity index is 1.43. The molecule has 0 amide bonds. The van der Waals surface area contributed by atoms with E-state index in [-0.39, 0.29) is 11.4 Å². The number of imidazole rings is 1. The fraction of sp³-hybridized carbons (Fsp3) is 0.391. The van der Waals surface area contributed by atoms with Gasteiger partial charge in [-0.15, -0.1) is 0 Å². The van der Waals surface area contributed by atoms with Crippen LogP contribution in [0.1, 0.15) is 49.7 Å². The van der Waals surface area contributed by atoms with Crippen molar-refractivity contribution >= 4 is 37.1 Å². The molecule has 1 saturated heterocycles. The van der Waals surface area contributed by atoms with Crippen LogP contribution in [0.5, 0.6) is 0 Å². The number of aromatic nitrogens is 3. The summed E-state index contributed by atoms with van der Waals surface area (Å²) in [5.41, 5.74) is 3.03. The standard InChI is InChI=1S/C23H25ClFIN4/c1-15(2)21-28-14-20-23(29-19-4-3-11-27-22(19)30(20)21)7-9-26(10-8-23)13-16-5-6-17(24)12-18(16)25/h3-6,11-12,14-15,29H,7-10,13H2,1-2H3. The first-order valence-electron chi connectivity index (χ1n) is 10.3. The quantitative estimate of drug-likeness (QED) is 0.314. The van der Waals surface area contributed by atoms with E-state index in [1.54, 1.807) is 6.07 Å². The molecule has 0 bridgehead atoms. The summed E-state index contributed by atoms with van der Waals surface area (Å²) in [6.07, 6.45) is 6.01. The van der Waals surface area contributed by atoms with Crippen molar-refractivity contribution < 1.29 is 4.39 Å². The Kier molecular flexibility index (Phi) is 5.25. The molecule has 1 spiro atoms. The molecule has 2 aliphatic rings. The number of anilines is 1. The molecule has 1 fully saturated rings. The Bertz CT molecular complexity index is 1090. The van der Waals surface area contributed by atoms with Crippen LogP contribution >= 0.6 is 31.4 Å². The van der Waals surface area contributed by atoms with Gasteiger partial charge in [0.25, 0.3) is 0 Å². The van der Waals surface area contributed by atoms with Crippen molar-refractivity contribution in [1.82, 2.24) is 14.5 Å². The Labute approximate surface area is 188 Å². The molecular formula is C23H25ClFIN4. The van der Waals surface area contributed by atoms with Crippen molar-refractivity contribution in [2.45, 2.75) is 42.6 Å². The number of nitrogens with zero attached hydrogens (tertiary/aromatic N) is 3. The summed E-state index contributed by atoms with van der Waals surface area (Å²) in [5, 5.41) is 4.30. The van der Waals surface area contributed by atoms with E-state index in [9.17, 15) is 4.39 Å². The zero-order chi connectivity index (χ0) is 20.9. The van der Waals surface area contributed by atoms with Gasteiger partial charge in [0.1, 0.15) is 0 Å². The van der Waals surface area contributed by atoms with E-state index in [2.05, 4.69) is 34.8 Å². The molecule has 2 aliphatic heterocycles. The van der Waals surface area contributed by atoms with Crippen LogP contribution in [0.2, 0.25) is 5.02 Å². The molecular weight excluding hydrogens is 514 g/mol. The topological polar surface area (TPSA) is 42.7 Å². The predicted octanol–water partition coefficient (Wildman–Crippen LogP) is 6.30. The van der Waals surface area contributed by atoms with Crippen LogP contribution < -0.4 is 5.32 Å². The average Bonchev–Trinajstić information content (AvgIpc) is 3.19. The van der Waals surface area contributed by atoms with Crippen molar-refractivity contribution in [3.63, 3.8) is 0 Å². The van der Waals surface area contributed by atoms with Crippen molar-refractivity contribution in [3.05, 3.63) is 70.6 Å². The monoisotopic (exact) mass is 538 g/mol. The molecule has 4 nitrogen and oxygen atoms in total. The van der Waals surface area contributed by atoms with E-state index in [4.69, 9.17) is 16.6 Å². The number of fused-ring (bicyclic) bond motifs is 4. The van der Waals surface area contributed by atoms with Gasteiger partial charge in [0, 0.05) is 0 Å². The molecule has 3 aromatic rings. The number of alkyl halides is 3. The maximum absolute atomic E-state index is 14.3. The van der Waals surface area contributed by atoms with Gasteiger partial charge in [0.2, 0.25) is 0 Å². The van der Waals surface area contributed by atoms with Crippen LogP contribution in [0.15, 0.2) is 42.7 Å². The number of nitrogens with one attached hydrogen (secondary N) is 1. The SMILES string of the molecule is CC(C)c1ncc2n1-c1ncccc1NC21CCI(Cc2ccc(Cl)cc2F)CC1. The minimum atomic E-state index is -1.27. The summed E-state index contributed by atoms with van der Waals surface area (Å²) in [4.78, 5) is 9.45. The minimum absolute atomic E-state index is 0.108. The third-order valence-corrected chi connectivity index (χ3v) is 12.4. The number of hydrogen-bond donors (Lipinski definition) is 1. The van der Waals surface area contributed by atoms with E-state index in [1.165, 1.54) is 20.6 Å². The Hall–Kier alpha value is -1.67. The van der Waals surface area contributed by atoms with Crippen LogP contribution in [0.25, 0.3) is 5.82 Å². The molecule has 30 heavy (non-hydrogen) atoms. The number of pyridine rings is 1. The van der Waals surface area contributed by atoms with E-state index in [0.717, 1.165) is 40.2 Å². The van der Waals surface area contributed by atoms with Gasteiger partial charge in [-0.2, -0.15) is 0 Å². The van der Waals surface area contributed by atoms with E-state index < -0.39 is 19.8 Å². The van der Waals surface area contributed by atoms with Crippen LogP contribution in [-0.2, 0) is 9.97 Å². The Morgan fingerprint density at radius 3 is 2.77 bits per heavy atom. The second-order valence-electron chi connectivity index (χ2n) is 8.39. The fourth-order valence-corrected chi connectivity index (χ4v) is 11.1. The van der Waals surface area contributed by atoms with Gasteiger partial charge in [0.05, 0.1) is 0 Å². The van der Waals surface area contributed by atoms with Crippen molar-refractivity contribution in [1.29, 1.82) is 0 Å².